The number of ether oxygens (including phenoxy) is 1. The Balaban J connectivity index is 2.10. The number of amides is 1. The van der Waals surface area contributed by atoms with Crippen LogP contribution in [-0.2, 0) is 18.3 Å². The highest BCUT2D eigenvalue weighted by Gasteiger charge is 2.10. The Labute approximate surface area is 118 Å². The number of fused-ring (bicyclic) bond motifs is 1. The molecule has 0 saturated heterocycles. The van der Waals surface area contributed by atoms with Gasteiger partial charge < -0.3 is 14.6 Å². The number of aromatic nitrogens is 2. The first-order chi connectivity index (χ1) is 9.52. The first-order valence-electron chi connectivity index (χ1n) is 6.80. The Morgan fingerprint density at radius 1 is 1.45 bits per heavy atom. The molecule has 5 heteroatoms. The quantitative estimate of drug-likeness (QED) is 0.906. The van der Waals surface area contributed by atoms with Gasteiger partial charge in [-0.3, -0.25) is 4.79 Å². The lowest BCUT2D eigenvalue weighted by atomic mass is 10.2. The third-order valence-corrected chi connectivity index (χ3v) is 3.35. The molecule has 5 nitrogen and oxygen atoms in total. The lowest BCUT2D eigenvalue weighted by molar-refractivity contribution is -0.123. The summed E-state index contributed by atoms with van der Waals surface area (Å²) in [5.41, 5.74) is 1.98. The maximum absolute atomic E-state index is 11.5. The number of carbonyl (C=O) groups is 1. The van der Waals surface area contributed by atoms with Crippen LogP contribution in [0.1, 0.15) is 19.7 Å². The molecule has 1 amide bonds. The van der Waals surface area contributed by atoms with Crippen molar-refractivity contribution in [1.82, 2.24) is 14.9 Å². The van der Waals surface area contributed by atoms with Crippen molar-refractivity contribution in [3.63, 3.8) is 0 Å². The van der Waals surface area contributed by atoms with Crippen molar-refractivity contribution in [2.24, 2.45) is 13.0 Å². The summed E-state index contributed by atoms with van der Waals surface area (Å²) in [5.74, 6) is 1.85. The second kappa shape index (κ2) is 5.94. The maximum Gasteiger partial charge on any atom is 0.222 e. The third kappa shape index (κ3) is 2.92. The van der Waals surface area contributed by atoms with Crippen molar-refractivity contribution in [2.75, 3.05) is 13.7 Å². The summed E-state index contributed by atoms with van der Waals surface area (Å²) in [6.45, 7) is 4.37. The van der Waals surface area contributed by atoms with Crippen LogP contribution in [0.5, 0.6) is 5.75 Å². The lowest BCUT2D eigenvalue weighted by Gasteiger charge is -2.07. The zero-order valence-corrected chi connectivity index (χ0v) is 12.4. The molecule has 0 spiro atoms. The Bertz CT molecular complexity index is 617. The molecule has 0 atom stereocenters. The fourth-order valence-electron chi connectivity index (χ4n) is 2.08. The molecular weight excluding hydrogens is 254 g/mol. The number of benzene rings is 1. The fourth-order valence-corrected chi connectivity index (χ4v) is 2.08. The fraction of sp³-hybridized carbons (Fsp3) is 0.467. The predicted octanol–water partition coefficient (Wildman–Crippen LogP) is 1.90. The minimum absolute atomic E-state index is 0.0136. The van der Waals surface area contributed by atoms with Crippen molar-refractivity contribution in [3.05, 3.63) is 24.0 Å². The zero-order chi connectivity index (χ0) is 14.7. The molecule has 0 saturated carbocycles. The van der Waals surface area contributed by atoms with E-state index in [2.05, 4.69) is 14.9 Å². The van der Waals surface area contributed by atoms with Gasteiger partial charge in [-0.2, -0.15) is 0 Å². The molecular formula is C15H21N3O2. The molecule has 0 radical (unpaired) electrons. The highest BCUT2D eigenvalue weighted by molar-refractivity contribution is 5.78. The summed E-state index contributed by atoms with van der Waals surface area (Å²) in [5, 5.41) is 2.91. The number of hydrogen-bond acceptors (Lipinski definition) is 3. The van der Waals surface area contributed by atoms with Crippen LogP contribution in [0.2, 0.25) is 0 Å². The van der Waals surface area contributed by atoms with Crippen molar-refractivity contribution in [3.8, 4) is 5.75 Å². The van der Waals surface area contributed by atoms with Gasteiger partial charge in [-0.25, -0.2) is 4.98 Å². The topological polar surface area (TPSA) is 56.1 Å². The van der Waals surface area contributed by atoms with E-state index < -0.39 is 0 Å². The third-order valence-electron chi connectivity index (χ3n) is 3.35. The first-order valence-corrected chi connectivity index (χ1v) is 6.80. The summed E-state index contributed by atoms with van der Waals surface area (Å²) in [7, 11) is 3.63. The summed E-state index contributed by atoms with van der Waals surface area (Å²) in [4.78, 5) is 16.1. The van der Waals surface area contributed by atoms with Gasteiger partial charge in [-0.05, 0) is 12.1 Å². The lowest BCUT2D eigenvalue weighted by Crippen LogP contribution is -2.29. The number of aryl methyl sites for hydroxylation is 1. The van der Waals surface area contributed by atoms with E-state index in [1.54, 1.807) is 7.11 Å². The van der Waals surface area contributed by atoms with E-state index in [9.17, 15) is 4.79 Å². The number of hydrogen-bond donors (Lipinski definition) is 1. The van der Waals surface area contributed by atoms with Crippen molar-refractivity contribution < 1.29 is 9.53 Å². The van der Waals surface area contributed by atoms with E-state index in [0.29, 0.717) is 13.0 Å². The average molecular weight is 275 g/mol. The molecule has 20 heavy (non-hydrogen) atoms. The van der Waals surface area contributed by atoms with Crippen LogP contribution in [0, 0.1) is 5.92 Å². The molecule has 0 aliphatic rings. The van der Waals surface area contributed by atoms with Crippen molar-refractivity contribution in [1.29, 1.82) is 0 Å². The van der Waals surface area contributed by atoms with Gasteiger partial charge in [0, 0.05) is 32.0 Å². The van der Waals surface area contributed by atoms with Gasteiger partial charge >= 0.3 is 0 Å². The second-order valence-electron chi connectivity index (χ2n) is 5.14. The Kier molecular flexibility index (Phi) is 4.27. The van der Waals surface area contributed by atoms with Crippen molar-refractivity contribution in [2.45, 2.75) is 20.3 Å². The van der Waals surface area contributed by atoms with E-state index >= 15 is 0 Å². The largest absolute Gasteiger partial charge is 0.497 e. The molecule has 1 aromatic heterocycles. The predicted molar refractivity (Wildman–Crippen MR) is 78.8 cm³/mol. The van der Waals surface area contributed by atoms with Gasteiger partial charge in [-0.1, -0.05) is 13.8 Å². The first kappa shape index (κ1) is 14.4. The van der Waals surface area contributed by atoms with Crippen LogP contribution in [0.4, 0.5) is 0 Å². The molecule has 0 aliphatic carbocycles. The summed E-state index contributed by atoms with van der Waals surface area (Å²) in [6, 6.07) is 5.84. The number of carbonyl (C=O) groups excluding carboxylic acids is 1. The van der Waals surface area contributed by atoms with E-state index in [4.69, 9.17) is 4.74 Å². The van der Waals surface area contributed by atoms with E-state index in [1.165, 1.54) is 0 Å². The standard InChI is InChI=1S/C15H21N3O2/c1-10(2)15(19)16-8-7-14-17-12-9-11(20-4)5-6-13(12)18(14)3/h5-6,9-10H,7-8H2,1-4H3,(H,16,19). The molecule has 1 heterocycles. The van der Waals surface area contributed by atoms with Crippen LogP contribution in [0.15, 0.2) is 18.2 Å². The zero-order valence-electron chi connectivity index (χ0n) is 12.4. The Hall–Kier alpha value is -2.04. The summed E-state index contributed by atoms with van der Waals surface area (Å²) >= 11 is 0. The molecule has 0 bridgehead atoms. The summed E-state index contributed by atoms with van der Waals surface area (Å²) < 4.78 is 7.26. The number of nitrogens with zero attached hydrogens (tertiary/aromatic N) is 2. The average Bonchev–Trinajstić information content (AvgIpc) is 2.74. The molecule has 2 aromatic rings. The molecule has 108 valence electrons. The van der Waals surface area contributed by atoms with Crippen LogP contribution in [-0.4, -0.2) is 29.1 Å². The molecule has 1 N–H and O–H groups in total. The molecule has 0 fully saturated rings. The highest BCUT2D eigenvalue weighted by Crippen LogP contribution is 2.20. The SMILES string of the molecule is COc1ccc2c(c1)nc(CCNC(=O)C(C)C)n2C. The van der Waals surface area contributed by atoms with Gasteiger partial charge in [0.2, 0.25) is 5.91 Å². The van der Waals surface area contributed by atoms with E-state index in [0.717, 1.165) is 22.6 Å². The molecule has 2 rings (SSSR count). The molecule has 0 aliphatic heterocycles. The van der Waals surface area contributed by atoms with Crippen LogP contribution in [0.3, 0.4) is 0 Å². The second-order valence-corrected chi connectivity index (χ2v) is 5.14. The number of rotatable bonds is 5. The minimum Gasteiger partial charge on any atom is -0.497 e. The Morgan fingerprint density at radius 3 is 2.85 bits per heavy atom. The minimum atomic E-state index is 0.0136. The van der Waals surface area contributed by atoms with Gasteiger partial charge in [0.15, 0.2) is 0 Å². The smallest absolute Gasteiger partial charge is 0.222 e. The van der Waals surface area contributed by atoms with E-state index in [1.807, 2.05) is 39.1 Å². The van der Waals surface area contributed by atoms with Crippen LogP contribution < -0.4 is 10.1 Å². The molecule has 1 aromatic carbocycles. The number of imidazole rings is 1. The molecule has 0 unspecified atom stereocenters. The van der Waals surface area contributed by atoms with Gasteiger partial charge in [0.05, 0.1) is 18.1 Å². The normalized spacial score (nSPS) is 11.1. The highest BCUT2D eigenvalue weighted by atomic mass is 16.5. The van der Waals surface area contributed by atoms with Gasteiger partial charge in [0.25, 0.3) is 0 Å². The summed E-state index contributed by atoms with van der Waals surface area (Å²) in [6.07, 6.45) is 0.714. The number of methoxy groups -OCH3 is 1. The maximum atomic E-state index is 11.5. The number of nitrogens with one attached hydrogen (secondary N) is 1. The van der Waals surface area contributed by atoms with Gasteiger partial charge in [-0.15, -0.1) is 0 Å². The van der Waals surface area contributed by atoms with E-state index in [-0.39, 0.29) is 11.8 Å². The monoisotopic (exact) mass is 275 g/mol. The Morgan fingerprint density at radius 2 is 2.20 bits per heavy atom. The van der Waals surface area contributed by atoms with Crippen molar-refractivity contribution >= 4 is 16.9 Å². The van der Waals surface area contributed by atoms with Crippen LogP contribution in [0.25, 0.3) is 11.0 Å². The van der Waals surface area contributed by atoms with Crippen LogP contribution >= 0.6 is 0 Å². The van der Waals surface area contributed by atoms with Gasteiger partial charge in [0.1, 0.15) is 11.6 Å².